The average molecular weight is 352 g/mol. The first-order valence-electron chi connectivity index (χ1n) is 7.22. The van der Waals surface area contributed by atoms with Gasteiger partial charge in [-0.05, 0) is 35.4 Å². The molecule has 0 amide bonds. The van der Waals surface area contributed by atoms with Crippen molar-refractivity contribution in [1.82, 2.24) is 5.32 Å². The first kappa shape index (κ1) is 17.9. The fourth-order valence-electron chi connectivity index (χ4n) is 2.05. The summed E-state index contributed by atoms with van der Waals surface area (Å²) in [6.45, 7) is 0.796. The molecule has 0 saturated heterocycles. The van der Waals surface area contributed by atoms with E-state index in [4.69, 9.17) is 26.8 Å². The van der Waals surface area contributed by atoms with Gasteiger partial charge in [0.05, 0.1) is 25.8 Å². The maximum absolute atomic E-state index is 13.1. The molecule has 0 atom stereocenters. The molecule has 0 fully saturated rings. The molecule has 0 saturated carbocycles. The fraction of sp³-hybridized carbons (Fsp3) is 0.235. The molecule has 7 heteroatoms. The number of hydrogen-bond acceptors (Lipinski definition) is 3. The van der Waals surface area contributed by atoms with Gasteiger partial charge in [-0.2, -0.15) is 0 Å². The predicted octanol–water partition coefficient (Wildman–Crippen LogP) is 3.10. The Hall–Kier alpha value is -2.47. The standard InChI is InChI=1S/C17H19ClFN3O2/c1-23-15-6-4-12(8-16(15)24-2)10-22-17(20)21-9-11-3-5-14(19)13(18)7-11/h3-8H,9-10H2,1-2H3,(H3,20,21,22). The average Bonchev–Trinajstić information content (AvgIpc) is 2.60. The molecule has 0 aliphatic rings. The maximum Gasteiger partial charge on any atom is 0.189 e. The van der Waals surface area contributed by atoms with Gasteiger partial charge in [0.25, 0.3) is 0 Å². The molecule has 128 valence electrons. The number of nitrogens with one attached hydrogen (secondary N) is 1. The highest BCUT2D eigenvalue weighted by Crippen LogP contribution is 2.27. The zero-order chi connectivity index (χ0) is 17.5. The Morgan fingerprint density at radius 2 is 1.83 bits per heavy atom. The minimum absolute atomic E-state index is 0.0690. The summed E-state index contributed by atoms with van der Waals surface area (Å²) in [6.07, 6.45) is 0. The lowest BCUT2D eigenvalue weighted by Crippen LogP contribution is -2.31. The van der Waals surface area contributed by atoms with Crippen LogP contribution in [0, 0.1) is 5.82 Å². The number of methoxy groups -OCH3 is 2. The number of aliphatic imine (C=N–C) groups is 1. The van der Waals surface area contributed by atoms with Crippen LogP contribution in [0.5, 0.6) is 11.5 Å². The van der Waals surface area contributed by atoms with Crippen LogP contribution in [0.15, 0.2) is 41.4 Å². The summed E-state index contributed by atoms with van der Waals surface area (Å²) in [4.78, 5) is 4.20. The quantitative estimate of drug-likeness (QED) is 0.620. The topological polar surface area (TPSA) is 68.9 Å². The fourth-order valence-corrected chi connectivity index (χ4v) is 2.26. The van der Waals surface area contributed by atoms with E-state index in [0.717, 1.165) is 11.1 Å². The largest absolute Gasteiger partial charge is 0.493 e. The summed E-state index contributed by atoms with van der Waals surface area (Å²) in [7, 11) is 3.17. The van der Waals surface area contributed by atoms with Crippen LogP contribution in [0.2, 0.25) is 5.02 Å². The van der Waals surface area contributed by atoms with E-state index in [-0.39, 0.29) is 11.0 Å². The van der Waals surface area contributed by atoms with E-state index in [1.807, 2.05) is 18.2 Å². The summed E-state index contributed by atoms with van der Waals surface area (Å²) in [5.74, 6) is 1.14. The molecule has 0 aliphatic carbocycles. The third-order valence-corrected chi connectivity index (χ3v) is 3.63. The number of rotatable bonds is 6. The van der Waals surface area contributed by atoms with Gasteiger partial charge in [-0.1, -0.05) is 23.7 Å². The van der Waals surface area contributed by atoms with Gasteiger partial charge in [0.1, 0.15) is 5.82 Å². The van der Waals surface area contributed by atoms with Crippen LogP contribution in [0.3, 0.4) is 0 Å². The van der Waals surface area contributed by atoms with E-state index in [9.17, 15) is 4.39 Å². The lowest BCUT2D eigenvalue weighted by Gasteiger charge is -2.10. The van der Waals surface area contributed by atoms with Gasteiger partial charge in [-0.25, -0.2) is 9.38 Å². The molecule has 2 aromatic rings. The summed E-state index contributed by atoms with van der Waals surface area (Å²) >= 11 is 5.73. The van der Waals surface area contributed by atoms with E-state index >= 15 is 0 Å². The second-order valence-corrected chi connectivity index (χ2v) is 5.40. The lowest BCUT2D eigenvalue weighted by atomic mass is 10.2. The smallest absolute Gasteiger partial charge is 0.189 e. The van der Waals surface area contributed by atoms with Gasteiger partial charge in [-0.15, -0.1) is 0 Å². The highest BCUT2D eigenvalue weighted by atomic mass is 35.5. The number of hydrogen-bond donors (Lipinski definition) is 2. The molecule has 3 N–H and O–H groups in total. The second kappa shape index (κ2) is 8.40. The van der Waals surface area contributed by atoms with Gasteiger partial charge in [0, 0.05) is 6.54 Å². The first-order valence-corrected chi connectivity index (χ1v) is 7.60. The molecule has 0 radical (unpaired) electrons. The second-order valence-electron chi connectivity index (χ2n) is 4.99. The van der Waals surface area contributed by atoms with E-state index < -0.39 is 5.82 Å². The van der Waals surface area contributed by atoms with Crippen molar-refractivity contribution < 1.29 is 13.9 Å². The lowest BCUT2D eigenvalue weighted by molar-refractivity contribution is 0.354. The molecule has 2 rings (SSSR count). The maximum atomic E-state index is 13.1. The Morgan fingerprint density at radius 1 is 1.12 bits per heavy atom. The third-order valence-electron chi connectivity index (χ3n) is 3.34. The molecule has 2 aromatic carbocycles. The summed E-state index contributed by atoms with van der Waals surface area (Å²) in [6, 6.07) is 10.0. The van der Waals surface area contributed by atoms with Crippen molar-refractivity contribution in [2.75, 3.05) is 14.2 Å². The van der Waals surface area contributed by atoms with E-state index in [2.05, 4.69) is 10.3 Å². The number of guanidine groups is 1. The minimum atomic E-state index is -0.455. The highest BCUT2D eigenvalue weighted by molar-refractivity contribution is 6.30. The Morgan fingerprint density at radius 3 is 2.50 bits per heavy atom. The highest BCUT2D eigenvalue weighted by Gasteiger charge is 2.05. The minimum Gasteiger partial charge on any atom is -0.493 e. The molecule has 0 unspecified atom stereocenters. The van der Waals surface area contributed by atoms with Gasteiger partial charge in [-0.3, -0.25) is 0 Å². The van der Waals surface area contributed by atoms with Crippen LogP contribution < -0.4 is 20.5 Å². The Bertz CT molecular complexity index is 738. The van der Waals surface area contributed by atoms with Crippen LogP contribution in [0.25, 0.3) is 0 Å². The van der Waals surface area contributed by atoms with E-state index in [1.165, 1.54) is 12.1 Å². The predicted molar refractivity (Wildman–Crippen MR) is 93.1 cm³/mol. The van der Waals surface area contributed by atoms with Crippen LogP contribution in [0.4, 0.5) is 4.39 Å². The van der Waals surface area contributed by atoms with Crippen LogP contribution in [-0.4, -0.2) is 20.2 Å². The molecule has 0 spiro atoms. The van der Waals surface area contributed by atoms with Crippen molar-refractivity contribution in [3.05, 3.63) is 58.4 Å². The number of nitrogens with two attached hydrogens (primary N) is 1. The van der Waals surface area contributed by atoms with Crippen molar-refractivity contribution in [2.45, 2.75) is 13.1 Å². The first-order chi connectivity index (χ1) is 11.5. The summed E-state index contributed by atoms with van der Waals surface area (Å²) in [5.41, 5.74) is 7.58. The SMILES string of the molecule is COc1ccc(CNC(N)=NCc2ccc(F)c(Cl)c2)cc1OC. The van der Waals surface area contributed by atoms with Gasteiger partial charge in [0.2, 0.25) is 0 Å². The zero-order valence-electron chi connectivity index (χ0n) is 13.5. The Kier molecular flexibility index (Phi) is 6.26. The van der Waals surface area contributed by atoms with Crippen molar-refractivity contribution in [2.24, 2.45) is 10.7 Å². The summed E-state index contributed by atoms with van der Waals surface area (Å²) < 4.78 is 23.5. The molecular formula is C17H19ClFN3O2. The third kappa shape index (κ3) is 4.76. The molecule has 0 aliphatic heterocycles. The summed E-state index contributed by atoms with van der Waals surface area (Å²) in [5, 5.41) is 3.08. The zero-order valence-corrected chi connectivity index (χ0v) is 14.2. The van der Waals surface area contributed by atoms with Crippen molar-refractivity contribution in [1.29, 1.82) is 0 Å². The number of nitrogens with zero attached hydrogens (tertiary/aromatic N) is 1. The molecule has 0 aromatic heterocycles. The Balaban J connectivity index is 1.94. The number of halogens is 2. The molecular weight excluding hydrogens is 333 g/mol. The van der Waals surface area contributed by atoms with Gasteiger partial charge >= 0.3 is 0 Å². The molecule has 24 heavy (non-hydrogen) atoms. The molecule has 0 heterocycles. The van der Waals surface area contributed by atoms with E-state index in [1.54, 1.807) is 20.3 Å². The molecule has 0 bridgehead atoms. The normalized spacial score (nSPS) is 11.2. The van der Waals surface area contributed by atoms with Crippen molar-refractivity contribution in [3.8, 4) is 11.5 Å². The van der Waals surface area contributed by atoms with E-state index in [0.29, 0.717) is 24.6 Å². The monoisotopic (exact) mass is 351 g/mol. The number of ether oxygens (including phenoxy) is 2. The van der Waals surface area contributed by atoms with Crippen LogP contribution in [-0.2, 0) is 13.1 Å². The van der Waals surface area contributed by atoms with Crippen molar-refractivity contribution >= 4 is 17.6 Å². The van der Waals surface area contributed by atoms with Gasteiger partial charge in [0.15, 0.2) is 17.5 Å². The Labute approximate surface area is 145 Å². The van der Waals surface area contributed by atoms with Gasteiger partial charge < -0.3 is 20.5 Å². The van der Waals surface area contributed by atoms with Crippen LogP contribution in [0.1, 0.15) is 11.1 Å². The van der Waals surface area contributed by atoms with Crippen LogP contribution >= 0.6 is 11.6 Å². The number of benzene rings is 2. The van der Waals surface area contributed by atoms with Crippen molar-refractivity contribution in [3.63, 3.8) is 0 Å². The molecule has 5 nitrogen and oxygen atoms in total.